The minimum atomic E-state index is -0.136. The number of nitrogens with one attached hydrogen (secondary N) is 1. The first kappa shape index (κ1) is 23.8. The lowest BCUT2D eigenvalue weighted by Crippen LogP contribution is -2.55. The van der Waals surface area contributed by atoms with Gasteiger partial charge in [-0.2, -0.15) is 0 Å². The van der Waals surface area contributed by atoms with E-state index in [9.17, 15) is 14.4 Å². The molecular weight excluding hydrogens is 448 g/mol. The van der Waals surface area contributed by atoms with E-state index in [-0.39, 0.29) is 23.8 Å². The van der Waals surface area contributed by atoms with Crippen LogP contribution >= 0.6 is 23.1 Å². The Morgan fingerprint density at radius 1 is 1.38 bits per heavy atom. The van der Waals surface area contributed by atoms with Crippen molar-refractivity contribution in [1.29, 1.82) is 0 Å². The highest BCUT2D eigenvalue weighted by atomic mass is 32.2. The normalized spacial score (nSPS) is 15.9. The van der Waals surface area contributed by atoms with E-state index in [4.69, 9.17) is 4.74 Å². The molecule has 3 amide bonds. The van der Waals surface area contributed by atoms with Crippen molar-refractivity contribution in [3.05, 3.63) is 42.6 Å². The fourth-order valence-electron chi connectivity index (χ4n) is 3.35. The molecule has 1 aromatic carbocycles. The number of hydrogen-bond acceptors (Lipinski definition) is 7. The molecule has 2 heterocycles. The van der Waals surface area contributed by atoms with Crippen LogP contribution in [0.5, 0.6) is 5.75 Å². The molecule has 3 rings (SSSR count). The summed E-state index contributed by atoms with van der Waals surface area (Å²) in [7, 11) is 1.54. The second-order valence-electron chi connectivity index (χ2n) is 7.19. The van der Waals surface area contributed by atoms with Crippen LogP contribution in [-0.2, 0) is 9.59 Å². The Labute approximate surface area is 195 Å². The van der Waals surface area contributed by atoms with Gasteiger partial charge in [-0.15, -0.1) is 0 Å². The number of methoxy groups -OCH3 is 1. The SMILES string of the molecule is C=CC(=O)N1CCN(C(=O)c2cc(Sc3cnc(NC(=O)CC)s3)ccc2OC)[C@@H](C)C1. The second-order valence-corrected chi connectivity index (χ2v) is 9.59. The van der Waals surface area contributed by atoms with Gasteiger partial charge in [-0.25, -0.2) is 4.98 Å². The third kappa shape index (κ3) is 5.49. The van der Waals surface area contributed by atoms with Gasteiger partial charge < -0.3 is 19.9 Å². The molecule has 32 heavy (non-hydrogen) atoms. The molecule has 0 aliphatic carbocycles. The fourth-order valence-corrected chi connectivity index (χ4v) is 5.26. The Morgan fingerprint density at radius 2 is 2.16 bits per heavy atom. The Bertz CT molecular complexity index is 1020. The molecule has 1 saturated heterocycles. The highest BCUT2D eigenvalue weighted by molar-refractivity contribution is 8.01. The predicted octanol–water partition coefficient (Wildman–Crippen LogP) is 3.51. The Kier molecular flexibility index (Phi) is 7.92. The van der Waals surface area contributed by atoms with Crippen molar-refractivity contribution in [1.82, 2.24) is 14.8 Å². The van der Waals surface area contributed by atoms with Crippen molar-refractivity contribution < 1.29 is 19.1 Å². The second kappa shape index (κ2) is 10.6. The molecule has 1 atom stereocenters. The fraction of sp³-hybridized carbons (Fsp3) is 0.364. The van der Waals surface area contributed by atoms with E-state index < -0.39 is 0 Å². The number of ether oxygens (including phenoxy) is 1. The van der Waals surface area contributed by atoms with Gasteiger partial charge in [-0.3, -0.25) is 14.4 Å². The summed E-state index contributed by atoms with van der Waals surface area (Å²) in [5.74, 6) is 0.148. The van der Waals surface area contributed by atoms with Crippen LogP contribution in [0.25, 0.3) is 0 Å². The van der Waals surface area contributed by atoms with Crippen molar-refractivity contribution in [2.45, 2.75) is 35.4 Å². The van der Waals surface area contributed by atoms with Gasteiger partial charge >= 0.3 is 0 Å². The molecule has 0 radical (unpaired) electrons. The zero-order valence-electron chi connectivity index (χ0n) is 18.3. The van der Waals surface area contributed by atoms with Crippen LogP contribution in [0.2, 0.25) is 0 Å². The summed E-state index contributed by atoms with van der Waals surface area (Å²) < 4.78 is 6.34. The summed E-state index contributed by atoms with van der Waals surface area (Å²) in [5, 5.41) is 3.30. The summed E-state index contributed by atoms with van der Waals surface area (Å²) in [6.07, 6.45) is 3.39. The summed E-state index contributed by atoms with van der Waals surface area (Å²) >= 11 is 2.84. The molecule has 0 saturated carbocycles. The predicted molar refractivity (Wildman–Crippen MR) is 125 cm³/mol. The molecular formula is C22H26N4O4S2. The van der Waals surface area contributed by atoms with Crippen LogP contribution in [0.4, 0.5) is 5.13 Å². The van der Waals surface area contributed by atoms with Crippen molar-refractivity contribution in [2.75, 3.05) is 32.1 Å². The van der Waals surface area contributed by atoms with Gasteiger partial charge in [0, 0.05) is 37.0 Å². The first-order valence-electron chi connectivity index (χ1n) is 10.2. The van der Waals surface area contributed by atoms with Crippen LogP contribution < -0.4 is 10.1 Å². The lowest BCUT2D eigenvalue weighted by molar-refractivity contribution is -0.128. The van der Waals surface area contributed by atoms with Gasteiger partial charge in [0.1, 0.15) is 5.75 Å². The molecule has 8 nitrogen and oxygen atoms in total. The Balaban J connectivity index is 1.76. The Hall–Kier alpha value is -2.85. The molecule has 1 N–H and O–H groups in total. The maximum Gasteiger partial charge on any atom is 0.258 e. The maximum atomic E-state index is 13.4. The maximum absolute atomic E-state index is 13.4. The van der Waals surface area contributed by atoms with Crippen LogP contribution in [0.3, 0.4) is 0 Å². The third-order valence-electron chi connectivity index (χ3n) is 5.05. The van der Waals surface area contributed by atoms with E-state index in [1.54, 1.807) is 29.0 Å². The molecule has 1 aliphatic rings. The monoisotopic (exact) mass is 474 g/mol. The van der Waals surface area contributed by atoms with Crippen molar-refractivity contribution >= 4 is 46.0 Å². The lowest BCUT2D eigenvalue weighted by Gasteiger charge is -2.39. The number of amides is 3. The van der Waals surface area contributed by atoms with E-state index in [2.05, 4.69) is 16.9 Å². The summed E-state index contributed by atoms with van der Waals surface area (Å²) in [6, 6.07) is 5.34. The number of piperazine rings is 1. The van der Waals surface area contributed by atoms with E-state index in [1.165, 1.54) is 36.3 Å². The molecule has 0 bridgehead atoms. The number of anilines is 1. The van der Waals surface area contributed by atoms with Crippen molar-refractivity contribution in [3.8, 4) is 5.75 Å². The number of nitrogens with zero attached hydrogens (tertiary/aromatic N) is 3. The number of hydrogen-bond donors (Lipinski definition) is 1. The highest BCUT2D eigenvalue weighted by Gasteiger charge is 2.31. The molecule has 0 spiro atoms. The average Bonchev–Trinajstić information content (AvgIpc) is 3.24. The zero-order valence-corrected chi connectivity index (χ0v) is 19.9. The average molecular weight is 475 g/mol. The van der Waals surface area contributed by atoms with Gasteiger partial charge in [-0.1, -0.05) is 36.6 Å². The highest BCUT2D eigenvalue weighted by Crippen LogP contribution is 2.36. The number of rotatable bonds is 7. The van der Waals surface area contributed by atoms with E-state index in [0.717, 1.165) is 9.10 Å². The molecule has 170 valence electrons. The Morgan fingerprint density at radius 3 is 2.81 bits per heavy atom. The topological polar surface area (TPSA) is 91.8 Å². The van der Waals surface area contributed by atoms with Crippen LogP contribution in [-0.4, -0.2) is 65.3 Å². The van der Waals surface area contributed by atoms with Gasteiger partial charge in [0.15, 0.2) is 5.13 Å². The first-order chi connectivity index (χ1) is 15.4. The van der Waals surface area contributed by atoms with Gasteiger partial charge in [0.25, 0.3) is 5.91 Å². The number of thiazole rings is 1. The minimum absolute atomic E-state index is 0.0859. The van der Waals surface area contributed by atoms with Gasteiger partial charge in [0.2, 0.25) is 11.8 Å². The standard InChI is InChI=1S/C22H26N4O4S2/c1-5-18(27)24-22-23-12-20(32-22)31-15-7-8-17(30-4)16(11-15)21(29)26-10-9-25(13-14(26)3)19(28)6-2/h6-8,11-12,14H,2,5,9-10,13H2,1,3-4H3,(H,23,24,27)/t14-/m0/s1. The van der Waals surface area contributed by atoms with Crippen LogP contribution in [0, 0.1) is 0 Å². The van der Waals surface area contributed by atoms with Gasteiger partial charge in [0.05, 0.1) is 23.1 Å². The number of benzene rings is 1. The van der Waals surface area contributed by atoms with E-state index in [0.29, 0.717) is 42.5 Å². The molecule has 1 fully saturated rings. The molecule has 10 heteroatoms. The van der Waals surface area contributed by atoms with Crippen molar-refractivity contribution in [3.63, 3.8) is 0 Å². The number of aromatic nitrogens is 1. The third-order valence-corrected chi connectivity index (χ3v) is 7.05. The van der Waals surface area contributed by atoms with Crippen molar-refractivity contribution in [2.24, 2.45) is 0 Å². The lowest BCUT2D eigenvalue weighted by atomic mass is 10.1. The van der Waals surface area contributed by atoms with E-state index >= 15 is 0 Å². The summed E-state index contributed by atoms with van der Waals surface area (Å²) in [5.41, 5.74) is 0.469. The molecule has 1 aliphatic heterocycles. The van der Waals surface area contributed by atoms with E-state index in [1.807, 2.05) is 19.1 Å². The molecule has 0 unspecified atom stereocenters. The number of carbonyl (C=O) groups is 3. The summed E-state index contributed by atoms with van der Waals surface area (Å²) in [6.45, 7) is 8.61. The van der Waals surface area contributed by atoms with Gasteiger partial charge in [-0.05, 0) is 31.2 Å². The quantitative estimate of drug-likeness (QED) is 0.618. The molecule has 2 aromatic rings. The first-order valence-corrected chi connectivity index (χ1v) is 11.8. The number of carbonyl (C=O) groups excluding carboxylic acids is 3. The summed E-state index contributed by atoms with van der Waals surface area (Å²) in [4.78, 5) is 45.4. The van der Waals surface area contributed by atoms with Crippen LogP contribution in [0.1, 0.15) is 30.6 Å². The molecule has 1 aromatic heterocycles. The largest absolute Gasteiger partial charge is 0.496 e. The minimum Gasteiger partial charge on any atom is -0.496 e. The van der Waals surface area contributed by atoms with Crippen LogP contribution in [0.15, 0.2) is 46.2 Å². The smallest absolute Gasteiger partial charge is 0.258 e. The zero-order chi connectivity index (χ0) is 23.3.